The Labute approximate surface area is 104 Å². The first kappa shape index (κ1) is 11.8. The molecule has 2 rings (SSSR count). The molecule has 0 atom stereocenters. The lowest BCUT2D eigenvalue weighted by Crippen LogP contribution is -2.44. The number of hydrogen-bond donors (Lipinski definition) is 1. The topological polar surface area (TPSA) is 37.4 Å². The zero-order valence-electron chi connectivity index (χ0n) is 9.16. The highest BCUT2D eigenvalue weighted by atomic mass is 79.9. The van der Waals surface area contributed by atoms with E-state index in [2.05, 4.69) is 31.1 Å². The number of pyridine rings is 1. The number of ether oxygens (including phenoxy) is 1. The zero-order chi connectivity index (χ0) is 11.2. The molecule has 4 nitrogen and oxygen atoms in total. The van der Waals surface area contributed by atoms with Gasteiger partial charge in [-0.25, -0.2) is 4.98 Å². The molecule has 5 heteroatoms. The highest BCUT2D eigenvalue weighted by molar-refractivity contribution is 9.10. The zero-order valence-corrected chi connectivity index (χ0v) is 10.7. The summed E-state index contributed by atoms with van der Waals surface area (Å²) in [5.41, 5.74) is 0. The molecule has 1 aliphatic heterocycles. The van der Waals surface area contributed by atoms with Crippen LogP contribution in [0.1, 0.15) is 0 Å². The van der Waals surface area contributed by atoms with E-state index in [4.69, 9.17) is 4.74 Å². The van der Waals surface area contributed by atoms with Crippen LogP contribution in [-0.4, -0.2) is 49.2 Å². The van der Waals surface area contributed by atoms with E-state index in [-0.39, 0.29) is 0 Å². The molecule has 88 valence electrons. The van der Waals surface area contributed by atoms with Gasteiger partial charge in [0, 0.05) is 38.8 Å². The molecule has 1 N–H and O–H groups in total. The van der Waals surface area contributed by atoms with Crippen molar-refractivity contribution in [2.75, 3.05) is 39.3 Å². The van der Waals surface area contributed by atoms with Crippen LogP contribution in [-0.2, 0) is 0 Å². The van der Waals surface area contributed by atoms with Crippen LogP contribution in [0.15, 0.2) is 22.8 Å². The van der Waals surface area contributed by atoms with Crippen molar-refractivity contribution in [1.82, 2.24) is 15.2 Å². The van der Waals surface area contributed by atoms with Gasteiger partial charge in [-0.1, -0.05) is 6.07 Å². The van der Waals surface area contributed by atoms with E-state index >= 15 is 0 Å². The summed E-state index contributed by atoms with van der Waals surface area (Å²) >= 11 is 3.32. The van der Waals surface area contributed by atoms with Gasteiger partial charge in [0.05, 0.1) is 0 Å². The van der Waals surface area contributed by atoms with Gasteiger partial charge in [0.25, 0.3) is 0 Å². The standard InChI is InChI=1S/C11H16BrN3O/c12-10-2-1-3-11(14-10)16-9-8-15-6-4-13-5-7-15/h1-3,13H,4-9H2. The first-order chi connectivity index (χ1) is 7.84. The third-order valence-corrected chi connectivity index (χ3v) is 3.00. The largest absolute Gasteiger partial charge is 0.476 e. The molecule has 1 aromatic rings. The first-order valence-electron chi connectivity index (χ1n) is 5.53. The highest BCUT2D eigenvalue weighted by Gasteiger charge is 2.08. The Kier molecular flexibility index (Phi) is 4.56. The van der Waals surface area contributed by atoms with E-state index in [9.17, 15) is 0 Å². The lowest BCUT2D eigenvalue weighted by atomic mass is 10.4. The maximum atomic E-state index is 5.59. The van der Waals surface area contributed by atoms with E-state index in [1.807, 2.05) is 18.2 Å². The van der Waals surface area contributed by atoms with Crippen molar-refractivity contribution in [1.29, 1.82) is 0 Å². The van der Waals surface area contributed by atoms with Crippen LogP contribution in [0.4, 0.5) is 0 Å². The Morgan fingerprint density at radius 3 is 2.94 bits per heavy atom. The van der Waals surface area contributed by atoms with E-state index in [1.54, 1.807) is 0 Å². The molecule has 0 unspecified atom stereocenters. The third kappa shape index (κ3) is 3.73. The Morgan fingerprint density at radius 1 is 1.38 bits per heavy atom. The maximum absolute atomic E-state index is 5.59. The minimum absolute atomic E-state index is 0.685. The van der Waals surface area contributed by atoms with Crippen LogP contribution in [0, 0.1) is 0 Å². The third-order valence-electron chi connectivity index (χ3n) is 2.56. The molecule has 0 aliphatic carbocycles. The van der Waals surface area contributed by atoms with Crippen molar-refractivity contribution in [3.63, 3.8) is 0 Å². The lowest BCUT2D eigenvalue weighted by molar-refractivity contribution is 0.188. The van der Waals surface area contributed by atoms with Crippen LogP contribution in [0.25, 0.3) is 0 Å². The minimum Gasteiger partial charge on any atom is -0.476 e. The second-order valence-corrected chi connectivity index (χ2v) is 4.55. The summed E-state index contributed by atoms with van der Waals surface area (Å²) in [4.78, 5) is 6.62. The number of nitrogens with one attached hydrogen (secondary N) is 1. The predicted octanol–water partition coefficient (Wildman–Crippen LogP) is 1.13. The summed E-state index contributed by atoms with van der Waals surface area (Å²) in [5.74, 6) is 0.685. The molecule has 2 heterocycles. The molecule has 1 saturated heterocycles. The quantitative estimate of drug-likeness (QED) is 0.842. The lowest BCUT2D eigenvalue weighted by Gasteiger charge is -2.26. The summed E-state index contributed by atoms with van der Waals surface area (Å²) in [6.07, 6.45) is 0. The van der Waals surface area contributed by atoms with Crippen molar-refractivity contribution in [2.24, 2.45) is 0 Å². The van der Waals surface area contributed by atoms with E-state index in [1.165, 1.54) is 0 Å². The number of nitrogens with zero attached hydrogens (tertiary/aromatic N) is 2. The Bertz CT molecular complexity index is 329. The van der Waals surface area contributed by atoms with Gasteiger partial charge in [-0.05, 0) is 22.0 Å². The molecule has 0 amide bonds. The summed E-state index contributed by atoms with van der Waals surface area (Å²) in [6.45, 7) is 6.04. The molecule has 0 saturated carbocycles. The monoisotopic (exact) mass is 285 g/mol. The summed E-state index contributed by atoms with van der Waals surface area (Å²) < 4.78 is 6.40. The van der Waals surface area contributed by atoms with Crippen molar-refractivity contribution in [2.45, 2.75) is 0 Å². The van der Waals surface area contributed by atoms with Gasteiger partial charge in [0.15, 0.2) is 0 Å². The van der Waals surface area contributed by atoms with Crippen LogP contribution >= 0.6 is 15.9 Å². The minimum atomic E-state index is 0.685. The van der Waals surface area contributed by atoms with Crippen molar-refractivity contribution < 1.29 is 4.74 Å². The van der Waals surface area contributed by atoms with Gasteiger partial charge in [0.1, 0.15) is 11.2 Å². The Balaban J connectivity index is 1.71. The fourth-order valence-corrected chi connectivity index (χ4v) is 2.01. The highest BCUT2D eigenvalue weighted by Crippen LogP contribution is 2.11. The predicted molar refractivity (Wildman–Crippen MR) is 66.7 cm³/mol. The van der Waals surface area contributed by atoms with Crippen LogP contribution in [0.3, 0.4) is 0 Å². The number of aromatic nitrogens is 1. The Hall–Kier alpha value is -0.650. The van der Waals surface area contributed by atoms with Gasteiger partial charge < -0.3 is 10.1 Å². The second kappa shape index (κ2) is 6.18. The molecule has 1 aliphatic rings. The normalized spacial score (nSPS) is 17.3. The average Bonchev–Trinajstić information content (AvgIpc) is 2.30. The van der Waals surface area contributed by atoms with Gasteiger partial charge in [-0.15, -0.1) is 0 Å². The van der Waals surface area contributed by atoms with Gasteiger partial charge in [-0.3, -0.25) is 4.90 Å². The maximum Gasteiger partial charge on any atom is 0.214 e. The summed E-state index contributed by atoms with van der Waals surface area (Å²) in [6, 6.07) is 5.70. The van der Waals surface area contributed by atoms with Crippen LogP contribution in [0.5, 0.6) is 5.88 Å². The van der Waals surface area contributed by atoms with Crippen molar-refractivity contribution >= 4 is 15.9 Å². The van der Waals surface area contributed by atoms with Gasteiger partial charge in [-0.2, -0.15) is 0 Å². The number of rotatable bonds is 4. The molecule has 0 aromatic carbocycles. The van der Waals surface area contributed by atoms with E-state index in [0.29, 0.717) is 12.5 Å². The molecule has 1 aromatic heterocycles. The fourth-order valence-electron chi connectivity index (χ4n) is 1.68. The Morgan fingerprint density at radius 2 is 2.19 bits per heavy atom. The first-order valence-corrected chi connectivity index (χ1v) is 6.32. The molecule has 16 heavy (non-hydrogen) atoms. The molecule has 1 fully saturated rings. The fraction of sp³-hybridized carbons (Fsp3) is 0.545. The van der Waals surface area contributed by atoms with Crippen LogP contribution in [0.2, 0.25) is 0 Å². The second-order valence-electron chi connectivity index (χ2n) is 3.74. The van der Waals surface area contributed by atoms with Gasteiger partial charge in [0.2, 0.25) is 5.88 Å². The van der Waals surface area contributed by atoms with E-state index in [0.717, 1.165) is 37.3 Å². The van der Waals surface area contributed by atoms with Crippen molar-refractivity contribution in [3.05, 3.63) is 22.8 Å². The van der Waals surface area contributed by atoms with E-state index < -0.39 is 0 Å². The van der Waals surface area contributed by atoms with Crippen LogP contribution < -0.4 is 10.1 Å². The molecule has 0 bridgehead atoms. The molecule has 0 spiro atoms. The van der Waals surface area contributed by atoms with Gasteiger partial charge >= 0.3 is 0 Å². The molecule has 0 radical (unpaired) electrons. The number of piperazine rings is 1. The average molecular weight is 286 g/mol. The smallest absolute Gasteiger partial charge is 0.214 e. The van der Waals surface area contributed by atoms with Crippen molar-refractivity contribution in [3.8, 4) is 5.88 Å². The molecular weight excluding hydrogens is 270 g/mol. The summed E-state index contributed by atoms with van der Waals surface area (Å²) in [7, 11) is 0. The summed E-state index contributed by atoms with van der Waals surface area (Å²) in [5, 5.41) is 3.33. The number of hydrogen-bond acceptors (Lipinski definition) is 4. The number of halogens is 1. The SMILES string of the molecule is Brc1cccc(OCCN2CCNCC2)n1. The molecular formula is C11H16BrN3O.